The lowest BCUT2D eigenvalue weighted by Crippen LogP contribution is -2.17. The van der Waals surface area contributed by atoms with Crippen LogP contribution in [0.1, 0.15) is 51.0 Å². The molecule has 0 amide bonds. The van der Waals surface area contributed by atoms with Gasteiger partial charge in [-0.25, -0.2) is 0 Å². The van der Waals surface area contributed by atoms with Crippen LogP contribution >= 0.6 is 12.2 Å². The highest BCUT2D eigenvalue weighted by Crippen LogP contribution is 2.38. The molecule has 1 aliphatic rings. The molecule has 2 rings (SSSR count). The van der Waals surface area contributed by atoms with Crippen molar-refractivity contribution in [1.29, 1.82) is 0 Å². The maximum absolute atomic E-state index is 4.61. The number of hydrogen-bond acceptors (Lipinski definition) is 2. The zero-order chi connectivity index (χ0) is 13.0. The maximum Gasteiger partial charge on any atom is 0.0739 e. The van der Waals surface area contributed by atoms with Crippen molar-refractivity contribution in [1.82, 2.24) is 0 Å². The molecule has 2 heteroatoms. The molecule has 1 saturated carbocycles. The summed E-state index contributed by atoms with van der Waals surface area (Å²) in [6.07, 6.45) is 5.42. The van der Waals surface area contributed by atoms with Gasteiger partial charge in [0, 0.05) is 0 Å². The fourth-order valence-electron chi connectivity index (χ4n) is 2.99. The predicted molar refractivity (Wildman–Crippen MR) is 80.7 cm³/mol. The van der Waals surface area contributed by atoms with Gasteiger partial charge in [0.1, 0.15) is 0 Å². The number of hydrogen-bond donors (Lipinski definition) is 0. The van der Waals surface area contributed by atoms with Crippen LogP contribution in [-0.4, -0.2) is 5.16 Å². The molecule has 1 aliphatic carbocycles. The minimum Gasteiger partial charge on any atom is -0.195 e. The number of aliphatic imine (C=N–C) groups is 1. The van der Waals surface area contributed by atoms with Crippen molar-refractivity contribution < 1.29 is 0 Å². The molecular weight excluding hydrogens is 238 g/mol. The lowest BCUT2D eigenvalue weighted by molar-refractivity contribution is 0.259. The van der Waals surface area contributed by atoms with Crippen molar-refractivity contribution in [3.05, 3.63) is 29.8 Å². The summed E-state index contributed by atoms with van der Waals surface area (Å²) >= 11 is 4.61. The van der Waals surface area contributed by atoms with E-state index >= 15 is 0 Å². The van der Waals surface area contributed by atoms with E-state index in [1.165, 1.54) is 31.2 Å². The van der Waals surface area contributed by atoms with Crippen molar-refractivity contribution in [2.75, 3.05) is 0 Å². The van der Waals surface area contributed by atoms with Crippen LogP contribution in [0.25, 0.3) is 0 Å². The topological polar surface area (TPSA) is 12.4 Å². The van der Waals surface area contributed by atoms with E-state index in [9.17, 15) is 0 Å². The quantitative estimate of drug-likeness (QED) is 0.526. The molecule has 0 spiro atoms. The molecule has 0 aromatic heterocycles. The molecular formula is C16H21NS. The number of nitrogens with zero attached hydrogens (tertiary/aromatic N) is 1. The van der Waals surface area contributed by atoms with Crippen LogP contribution in [0.4, 0.5) is 5.69 Å². The molecule has 0 atom stereocenters. The van der Waals surface area contributed by atoms with E-state index in [0.29, 0.717) is 0 Å². The highest BCUT2D eigenvalue weighted by atomic mass is 32.1. The molecule has 18 heavy (non-hydrogen) atoms. The van der Waals surface area contributed by atoms with Crippen molar-refractivity contribution in [3.63, 3.8) is 0 Å². The summed E-state index contributed by atoms with van der Waals surface area (Å²) in [4.78, 5) is 3.99. The Kier molecular flexibility index (Phi) is 4.68. The lowest BCUT2D eigenvalue weighted by atomic mass is 9.75. The summed E-state index contributed by atoms with van der Waals surface area (Å²) in [5, 5.41) is 2.41. The first-order valence-electron chi connectivity index (χ1n) is 6.88. The fourth-order valence-corrected chi connectivity index (χ4v) is 3.10. The van der Waals surface area contributed by atoms with Gasteiger partial charge in [0.2, 0.25) is 0 Å². The third kappa shape index (κ3) is 3.28. The first kappa shape index (κ1) is 13.5. The molecule has 1 nitrogen and oxygen atoms in total. The monoisotopic (exact) mass is 259 g/mol. The average Bonchev–Trinajstić information content (AvgIpc) is 2.40. The van der Waals surface area contributed by atoms with Gasteiger partial charge in [0.25, 0.3) is 0 Å². The minimum absolute atomic E-state index is 0.741. The first-order valence-corrected chi connectivity index (χ1v) is 7.29. The van der Waals surface area contributed by atoms with Gasteiger partial charge in [0.15, 0.2) is 0 Å². The molecule has 0 heterocycles. The molecule has 0 unspecified atom stereocenters. The van der Waals surface area contributed by atoms with Gasteiger partial charge in [-0.1, -0.05) is 26.0 Å². The smallest absolute Gasteiger partial charge is 0.0739 e. The molecule has 1 aromatic carbocycles. The summed E-state index contributed by atoms with van der Waals surface area (Å²) in [6.45, 7) is 4.70. The Balaban J connectivity index is 1.99. The van der Waals surface area contributed by atoms with Crippen molar-refractivity contribution in [2.45, 2.75) is 45.4 Å². The molecule has 96 valence electrons. The summed E-state index contributed by atoms with van der Waals surface area (Å²) < 4.78 is 0. The zero-order valence-corrected chi connectivity index (χ0v) is 12.0. The molecule has 0 aliphatic heterocycles. The molecule has 1 aromatic rings. The summed E-state index contributed by atoms with van der Waals surface area (Å²) in [5.74, 6) is 2.51. The first-order chi connectivity index (χ1) is 8.70. The molecule has 0 radical (unpaired) electrons. The Morgan fingerprint density at radius 2 is 1.72 bits per heavy atom. The van der Waals surface area contributed by atoms with Crippen LogP contribution in [-0.2, 0) is 0 Å². The van der Waals surface area contributed by atoms with Gasteiger partial charge in [-0.3, -0.25) is 0 Å². The number of rotatable bonds is 3. The van der Waals surface area contributed by atoms with Gasteiger partial charge in [-0.2, -0.15) is 4.99 Å². The highest BCUT2D eigenvalue weighted by Gasteiger charge is 2.23. The summed E-state index contributed by atoms with van der Waals surface area (Å²) in [7, 11) is 0. The van der Waals surface area contributed by atoms with Crippen LogP contribution in [0.3, 0.4) is 0 Å². The molecule has 0 bridgehead atoms. The second-order valence-electron chi connectivity index (χ2n) is 5.65. The molecule has 1 fully saturated rings. The molecule has 0 saturated heterocycles. The number of isothiocyanates is 1. The minimum atomic E-state index is 0.741. The van der Waals surface area contributed by atoms with Crippen LogP contribution in [0.15, 0.2) is 29.3 Å². The van der Waals surface area contributed by atoms with E-state index in [1.807, 2.05) is 12.1 Å². The van der Waals surface area contributed by atoms with Crippen LogP contribution in [0, 0.1) is 11.8 Å². The SMILES string of the molecule is CC(C)C1CCC(c2ccc(N=C=S)cc2)CC1. The Labute approximate surface area is 115 Å². The summed E-state index contributed by atoms with van der Waals surface area (Å²) in [6, 6.07) is 8.49. The van der Waals surface area contributed by atoms with Crippen molar-refractivity contribution >= 4 is 23.1 Å². The Bertz CT molecular complexity index is 421. The lowest BCUT2D eigenvalue weighted by Gasteiger charge is -2.31. The zero-order valence-electron chi connectivity index (χ0n) is 11.2. The third-order valence-corrected chi connectivity index (χ3v) is 4.35. The van der Waals surface area contributed by atoms with Crippen LogP contribution in [0.5, 0.6) is 0 Å². The Morgan fingerprint density at radius 1 is 1.11 bits per heavy atom. The predicted octanol–water partition coefficient (Wildman–Crippen LogP) is 5.35. The number of benzene rings is 1. The van der Waals surface area contributed by atoms with Crippen LogP contribution in [0.2, 0.25) is 0 Å². The number of thiocarbonyl (C=S) groups is 1. The highest BCUT2D eigenvalue weighted by molar-refractivity contribution is 7.78. The van der Waals surface area contributed by atoms with Crippen molar-refractivity contribution in [2.24, 2.45) is 16.8 Å². The van der Waals surface area contributed by atoms with Gasteiger partial charge in [-0.15, -0.1) is 0 Å². The third-order valence-electron chi connectivity index (χ3n) is 4.25. The standard InChI is InChI=1S/C16H21NS/c1-12(2)13-3-5-14(6-4-13)15-7-9-16(10-8-15)17-11-18/h7-10,12-14H,3-6H2,1-2H3. The van der Waals surface area contributed by atoms with E-state index in [-0.39, 0.29) is 0 Å². The van der Waals surface area contributed by atoms with Gasteiger partial charge in [-0.05, 0) is 73.4 Å². The van der Waals surface area contributed by atoms with Gasteiger partial charge < -0.3 is 0 Å². The molecule has 0 N–H and O–H groups in total. The van der Waals surface area contributed by atoms with E-state index < -0.39 is 0 Å². The van der Waals surface area contributed by atoms with Gasteiger partial charge in [0.05, 0.1) is 10.8 Å². The van der Waals surface area contributed by atoms with E-state index in [1.54, 1.807) is 0 Å². The Hall–Kier alpha value is -0.980. The fraction of sp³-hybridized carbons (Fsp3) is 0.562. The van der Waals surface area contributed by atoms with E-state index in [4.69, 9.17) is 0 Å². The van der Waals surface area contributed by atoms with E-state index in [2.05, 4.69) is 48.4 Å². The largest absolute Gasteiger partial charge is 0.195 e. The summed E-state index contributed by atoms with van der Waals surface area (Å²) in [5.41, 5.74) is 2.37. The van der Waals surface area contributed by atoms with Crippen LogP contribution < -0.4 is 0 Å². The Morgan fingerprint density at radius 3 is 2.22 bits per heavy atom. The van der Waals surface area contributed by atoms with E-state index in [0.717, 1.165) is 23.4 Å². The second kappa shape index (κ2) is 6.26. The maximum atomic E-state index is 4.61. The normalized spacial score (nSPS) is 23.7. The second-order valence-corrected chi connectivity index (χ2v) is 5.83. The van der Waals surface area contributed by atoms with Gasteiger partial charge >= 0.3 is 0 Å². The average molecular weight is 259 g/mol. The van der Waals surface area contributed by atoms with Crippen molar-refractivity contribution in [3.8, 4) is 0 Å².